The summed E-state index contributed by atoms with van der Waals surface area (Å²) in [6.45, 7) is 9.54. The fourth-order valence-corrected chi connectivity index (χ4v) is 3.29. The number of aromatic hydroxyl groups is 2. The van der Waals surface area contributed by atoms with Crippen molar-refractivity contribution in [2.75, 3.05) is 0 Å². The number of nitrogens with zero attached hydrogens (tertiary/aromatic N) is 10. The van der Waals surface area contributed by atoms with E-state index in [0.29, 0.717) is 0 Å². The Balaban J connectivity index is 0.000000802. The van der Waals surface area contributed by atoms with E-state index in [-0.39, 0.29) is 54.5 Å². The number of allylic oxidation sites excluding steroid dienone is 2. The summed E-state index contributed by atoms with van der Waals surface area (Å²) >= 11 is 0. The average molecular weight is 648 g/mol. The molecule has 0 aliphatic rings. The monoisotopic (exact) mass is 647 g/mol. The SMILES string of the molecule is CCn1c(O)c(N=NC(=[N-])/C=C(/C)O)c(=O)n(CC)c1=O.CCn1c(O)c(N=NC(=[N-])/C=C(/C)O)c(=O)n(CC)c1=O.[Co+2]. The smallest absolute Gasteiger partial charge is 0.513 e. The molecular formula is C24H32CoN10O8. The van der Waals surface area contributed by atoms with Crippen LogP contribution >= 0.6 is 0 Å². The second kappa shape index (κ2) is 17.1. The Bertz CT molecular complexity index is 1580. The zero-order valence-corrected chi connectivity index (χ0v) is 25.3. The second-order valence-corrected chi connectivity index (χ2v) is 8.18. The van der Waals surface area contributed by atoms with Crippen LogP contribution in [0.25, 0.3) is 10.8 Å². The Morgan fingerprint density at radius 3 is 1.16 bits per heavy atom. The number of rotatable bonds is 8. The summed E-state index contributed by atoms with van der Waals surface area (Å²) in [6.07, 6.45) is 1.82. The third kappa shape index (κ3) is 9.57. The molecule has 0 saturated carbocycles. The molecule has 19 heteroatoms. The van der Waals surface area contributed by atoms with E-state index in [1.165, 1.54) is 13.8 Å². The maximum Gasteiger partial charge on any atom is 2.00 e. The number of aliphatic hydroxyl groups excluding tert-OH is 2. The standard InChI is InChI=1S/2C12H16N5O4.Co/c2*1-4-16-10(19)9(11(20)17(5-2)12(16)21)15-14-8(13)6-7(3)18;/h2*6,18-19H,4-5H2,1-3H3;/q2*-1;+2/b2*7-6-,15-14?;. The van der Waals surface area contributed by atoms with Crippen molar-refractivity contribution >= 4 is 23.0 Å². The van der Waals surface area contributed by atoms with Crippen LogP contribution in [0.1, 0.15) is 41.5 Å². The van der Waals surface area contributed by atoms with Crippen LogP contribution in [0.4, 0.5) is 11.4 Å². The Morgan fingerprint density at radius 1 is 0.651 bits per heavy atom. The molecule has 235 valence electrons. The number of azo groups is 2. The largest absolute Gasteiger partial charge is 2.00 e. The molecule has 0 aliphatic carbocycles. The summed E-state index contributed by atoms with van der Waals surface area (Å²) in [4.78, 5) is 47.9. The minimum Gasteiger partial charge on any atom is -0.513 e. The summed E-state index contributed by atoms with van der Waals surface area (Å²) in [7, 11) is 0. The normalized spacial score (nSPS) is 11.8. The van der Waals surface area contributed by atoms with Gasteiger partial charge in [0.1, 0.15) is 0 Å². The number of amidine groups is 2. The predicted molar refractivity (Wildman–Crippen MR) is 154 cm³/mol. The van der Waals surface area contributed by atoms with E-state index in [0.717, 1.165) is 30.4 Å². The molecule has 2 aromatic heterocycles. The topological polar surface area (TPSA) is 263 Å². The summed E-state index contributed by atoms with van der Waals surface area (Å²) in [5.74, 6) is -2.96. The van der Waals surface area contributed by atoms with E-state index in [9.17, 15) is 40.2 Å². The molecule has 0 aromatic carbocycles. The first kappa shape index (κ1) is 38.1. The molecule has 2 rings (SSSR count). The zero-order chi connectivity index (χ0) is 32.3. The van der Waals surface area contributed by atoms with Gasteiger partial charge in [0.15, 0.2) is 11.4 Å². The van der Waals surface area contributed by atoms with Crippen molar-refractivity contribution < 1.29 is 37.2 Å². The van der Waals surface area contributed by atoms with E-state index >= 15 is 0 Å². The van der Waals surface area contributed by atoms with Gasteiger partial charge in [-0.2, -0.15) is 0 Å². The maximum absolute atomic E-state index is 12.0. The maximum atomic E-state index is 12.0. The molecule has 0 saturated heterocycles. The van der Waals surface area contributed by atoms with Crippen molar-refractivity contribution in [2.24, 2.45) is 20.5 Å². The average Bonchev–Trinajstić information content (AvgIpc) is 2.89. The van der Waals surface area contributed by atoms with Gasteiger partial charge in [0, 0.05) is 26.2 Å². The van der Waals surface area contributed by atoms with Crippen LogP contribution in [-0.4, -0.2) is 50.4 Å². The predicted octanol–water partition coefficient (Wildman–Crippen LogP) is 2.54. The zero-order valence-electron chi connectivity index (χ0n) is 24.2. The van der Waals surface area contributed by atoms with Crippen molar-refractivity contribution in [2.45, 2.75) is 67.7 Å². The van der Waals surface area contributed by atoms with Gasteiger partial charge in [-0.3, -0.25) is 27.9 Å². The first-order chi connectivity index (χ1) is 19.7. The van der Waals surface area contributed by atoms with Crippen LogP contribution in [0.3, 0.4) is 0 Å². The third-order valence-corrected chi connectivity index (χ3v) is 5.20. The second-order valence-electron chi connectivity index (χ2n) is 8.18. The van der Waals surface area contributed by atoms with Crippen molar-refractivity contribution in [3.8, 4) is 11.8 Å². The van der Waals surface area contributed by atoms with Gasteiger partial charge in [0.05, 0.1) is 11.5 Å². The number of aromatic nitrogens is 4. The molecule has 0 unspecified atom stereocenters. The van der Waals surface area contributed by atoms with Gasteiger partial charge >= 0.3 is 28.2 Å². The fraction of sp³-hybridized carbons (Fsp3) is 0.417. The summed E-state index contributed by atoms with van der Waals surface area (Å²) < 4.78 is 3.70. The van der Waals surface area contributed by atoms with Crippen LogP contribution < -0.4 is 22.5 Å². The van der Waals surface area contributed by atoms with Gasteiger partial charge < -0.3 is 41.5 Å². The van der Waals surface area contributed by atoms with E-state index in [4.69, 9.17) is 10.2 Å². The van der Waals surface area contributed by atoms with Crippen LogP contribution in [0.15, 0.2) is 63.3 Å². The van der Waals surface area contributed by atoms with E-state index in [2.05, 4.69) is 20.5 Å². The van der Waals surface area contributed by atoms with Crippen molar-refractivity contribution in [3.05, 3.63) is 76.2 Å². The molecule has 0 fully saturated rings. The molecule has 2 aromatic rings. The van der Waals surface area contributed by atoms with Crippen molar-refractivity contribution in [1.29, 1.82) is 0 Å². The molecule has 18 nitrogen and oxygen atoms in total. The van der Waals surface area contributed by atoms with Crippen molar-refractivity contribution in [1.82, 2.24) is 18.3 Å². The Labute approximate surface area is 254 Å². The van der Waals surface area contributed by atoms with E-state index in [1.54, 1.807) is 27.7 Å². The molecule has 0 aliphatic heterocycles. The van der Waals surface area contributed by atoms with Gasteiger partial charge in [0.2, 0.25) is 11.8 Å². The Morgan fingerprint density at radius 2 is 0.930 bits per heavy atom. The van der Waals surface area contributed by atoms with Crippen LogP contribution in [0.5, 0.6) is 11.8 Å². The Hall–Kier alpha value is -4.91. The van der Waals surface area contributed by atoms with Gasteiger partial charge in [-0.1, -0.05) is 0 Å². The molecule has 2 heterocycles. The summed E-state index contributed by atoms with van der Waals surface area (Å²) in [5, 5.41) is 69.9. The van der Waals surface area contributed by atoms with Gasteiger partial charge in [-0.05, 0) is 65.4 Å². The van der Waals surface area contributed by atoms with Crippen molar-refractivity contribution in [3.63, 3.8) is 0 Å². The van der Waals surface area contributed by atoms with Gasteiger partial charge in [0.25, 0.3) is 11.1 Å². The minimum absolute atomic E-state index is 0. The molecule has 0 amide bonds. The quantitative estimate of drug-likeness (QED) is 0.143. The van der Waals surface area contributed by atoms with Crippen LogP contribution in [-0.2, 0) is 43.0 Å². The minimum atomic E-state index is -0.814. The van der Waals surface area contributed by atoms with E-state index in [1.807, 2.05) is 0 Å². The van der Waals surface area contributed by atoms with Gasteiger partial charge in [-0.15, -0.1) is 0 Å². The van der Waals surface area contributed by atoms with E-state index < -0.39 is 57.3 Å². The third-order valence-electron chi connectivity index (χ3n) is 5.20. The number of hydrogen-bond donors (Lipinski definition) is 4. The molecule has 1 radical (unpaired) electrons. The van der Waals surface area contributed by atoms with Crippen LogP contribution in [0.2, 0.25) is 0 Å². The summed E-state index contributed by atoms with van der Waals surface area (Å²) in [6, 6.07) is 0. The number of hydrogen-bond acceptors (Lipinski definition) is 10. The molecule has 43 heavy (non-hydrogen) atoms. The molecular weight excluding hydrogens is 615 g/mol. The van der Waals surface area contributed by atoms with Gasteiger partial charge in [-0.25, -0.2) is 19.8 Å². The fourth-order valence-electron chi connectivity index (χ4n) is 3.29. The summed E-state index contributed by atoms with van der Waals surface area (Å²) in [5.41, 5.74) is -3.86. The Kier molecular flexibility index (Phi) is 15.2. The first-order valence-electron chi connectivity index (χ1n) is 12.5. The molecule has 4 N–H and O–H groups in total. The first-order valence-corrected chi connectivity index (χ1v) is 12.5. The van der Waals surface area contributed by atoms with Crippen LogP contribution in [0, 0.1) is 0 Å². The molecule has 0 atom stereocenters. The molecule has 0 spiro atoms. The molecule has 0 bridgehead atoms. The number of aliphatic hydroxyl groups is 2.